The zero-order chi connectivity index (χ0) is 23.5. The van der Waals surface area contributed by atoms with Gasteiger partial charge in [-0.1, -0.05) is 72.4 Å². The van der Waals surface area contributed by atoms with Gasteiger partial charge in [0.25, 0.3) is 5.22 Å². The Morgan fingerprint density at radius 2 is 1.53 bits per heavy atom. The Labute approximate surface area is 200 Å². The van der Waals surface area contributed by atoms with E-state index in [4.69, 9.17) is 9.40 Å². The van der Waals surface area contributed by atoms with Gasteiger partial charge in [0, 0.05) is 17.4 Å². The summed E-state index contributed by atoms with van der Waals surface area (Å²) in [6.07, 6.45) is 1.17. The summed E-state index contributed by atoms with van der Waals surface area (Å²) in [6.45, 7) is 0. The lowest BCUT2D eigenvalue weighted by Crippen LogP contribution is -2.03. The monoisotopic (exact) mass is 489 g/mol. The summed E-state index contributed by atoms with van der Waals surface area (Å²) in [5.41, 5.74) is 3.34. The predicted octanol–water partition coefficient (Wildman–Crippen LogP) is 4.68. The maximum atomic E-state index is 11.7. The van der Waals surface area contributed by atoms with Crippen LogP contribution in [0.2, 0.25) is 0 Å². The highest BCUT2D eigenvalue weighted by atomic mass is 32.2. The molecule has 0 spiro atoms. The molecule has 0 fully saturated rings. The highest BCUT2D eigenvalue weighted by molar-refractivity contribution is 7.98. The molecule has 0 amide bonds. The van der Waals surface area contributed by atoms with Crippen LogP contribution in [0.25, 0.3) is 28.3 Å². The van der Waals surface area contributed by atoms with Crippen molar-refractivity contribution in [3.05, 3.63) is 90.8 Å². The summed E-state index contributed by atoms with van der Waals surface area (Å²) in [4.78, 5) is 4.99. The summed E-state index contributed by atoms with van der Waals surface area (Å²) in [5, 5.41) is 12.4. The van der Waals surface area contributed by atoms with Gasteiger partial charge in [-0.25, -0.2) is 13.4 Å². The normalized spacial score (nSPS) is 11.6. The number of oxazole rings is 1. The molecule has 170 valence electrons. The largest absolute Gasteiger partial charge is 0.431 e. The Hall–Kier alpha value is -3.76. The lowest BCUT2D eigenvalue weighted by Gasteiger charge is -2.04. The van der Waals surface area contributed by atoms with Gasteiger partial charge in [-0.05, 0) is 34.7 Å². The van der Waals surface area contributed by atoms with Gasteiger partial charge in [-0.15, -0.1) is 5.10 Å². The molecule has 5 aromatic rings. The maximum absolute atomic E-state index is 11.7. The molecule has 0 bridgehead atoms. The SMILES string of the molecule is CS(=O)(=O)c1ccc(-n2nnnc2CSc2nc(-c3ccccc3)c(-c3ccccc3)o2)cc1. The Morgan fingerprint density at radius 3 is 2.18 bits per heavy atom. The molecular formula is C24H19N5O3S2. The van der Waals surface area contributed by atoms with E-state index in [1.54, 1.807) is 16.8 Å². The standard InChI is InChI=1S/C24H19N5O3S2/c1-34(30,31)20-14-12-19(13-15-20)29-21(26-27-28-29)16-33-24-25-22(17-8-4-2-5-9-17)23(32-24)18-10-6-3-7-11-18/h2-15H,16H2,1H3. The number of nitrogens with zero attached hydrogens (tertiary/aromatic N) is 5. The number of rotatable bonds is 7. The van der Waals surface area contributed by atoms with Crippen molar-refractivity contribution in [1.29, 1.82) is 0 Å². The maximum Gasteiger partial charge on any atom is 0.257 e. The van der Waals surface area contributed by atoms with E-state index in [1.165, 1.54) is 30.2 Å². The van der Waals surface area contributed by atoms with Crippen LogP contribution in [-0.4, -0.2) is 39.9 Å². The number of thioether (sulfide) groups is 1. The van der Waals surface area contributed by atoms with Gasteiger partial charge < -0.3 is 4.42 Å². The summed E-state index contributed by atoms with van der Waals surface area (Å²) < 4.78 is 31.2. The van der Waals surface area contributed by atoms with Crippen LogP contribution < -0.4 is 0 Å². The molecule has 0 atom stereocenters. The van der Waals surface area contributed by atoms with Crippen molar-refractivity contribution >= 4 is 21.6 Å². The molecule has 2 aromatic heterocycles. The first-order chi connectivity index (χ1) is 16.5. The number of benzene rings is 3. The van der Waals surface area contributed by atoms with Crippen molar-refractivity contribution in [2.45, 2.75) is 15.9 Å². The van der Waals surface area contributed by atoms with Crippen molar-refractivity contribution in [1.82, 2.24) is 25.2 Å². The fourth-order valence-corrected chi connectivity index (χ4v) is 4.76. The van der Waals surface area contributed by atoms with Gasteiger partial charge in [0.2, 0.25) is 0 Å². The molecule has 0 saturated heterocycles. The molecule has 0 radical (unpaired) electrons. The molecule has 0 unspecified atom stereocenters. The third-order valence-corrected chi connectivity index (χ3v) is 7.01. The first kappa shape index (κ1) is 22.1. The second-order valence-electron chi connectivity index (χ2n) is 7.45. The number of hydrogen-bond donors (Lipinski definition) is 0. The Kier molecular flexibility index (Phi) is 5.99. The van der Waals surface area contributed by atoms with Crippen LogP contribution in [0.15, 0.2) is 99.5 Å². The highest BCUT2D eigenvalue weighted by Gasteiger charge is 2.18. The molecule has 34 heavy (non-hydrogen) atoms. The van der Waals surface area contributed by atoms with Crippen LogP contribution in [0.3, 0.4) is 0 Å². The van der Waals surface area contributed by atoms with E-state index in [2.05, 4.69) is 15.5 Å². The van der Waals surface area contributed by atoms with Crippen LogP contribution in [0.5, 0.6) is 0 Å². The molecular weight excluding hydrogens is 470 g/mol. The fraction of sp³-hybridized carbons (Fsp3) is 0.0833. The van der Waals surface area contributed by atoms with Gasteiger partial charge in [0.15, 0.2) is 21.4 Å². The van der Waals surface area contributed by atoms with Gasteiger partial charge in [-0.3, -0.25) is 0 Å². The average Bonchev–Trinajstić information content (AvgIpc) is 3.51. The molecule has 5 rings (SSSR count). The van der Waals surface area contributed by atoms with Gasteiger partial charge >= 0.3 is 0 Å². The first-order valence-corrected chi connectivity index (χ1v) is 13.2. The molecule has 0 aliphatic rings. The van der Waals surface area contributed by atoms with E-state index in [1.807, 2.05) is 60.7 Å². The van der Waals surface area contributed by atoms with E-state index in [-0.39, 0.29) is 4.90 Å². The number of sulfone groups is 1. The smallest absolute Gasteiger partial charge is 0.257 e. The molecule has 0 saturated carbocycles. The molecule has 2 heterocycles. The minimum Gasteiger partial charge on any atom is -0.431 e. The third kappa shape index (κ3) is 4.63. The molecule has 0 aliphatic carbocycles. The van der Waals surface area contributed by atoms with Crippen LogP contribution >= 0.6 is 11.8 Å². The van der Waals surface area contributed by atoms with Crippen molar-refractivity contribution in [2.75, 3.05) is 6.26 Å². The highest BCUT2D eigenvalue weighted by Crippen LogP contribution is 2.36. The Balaban J connectivity index is 1.42. The first-order valence-electron chi connectivity index (χ1n) is 10.3. The van der Waals surface area contributed by atoms with Crippen LogP contribution in [0.4, 0.5) is 0 Å². The molecule has 3 aromatic carbocycles. The van der Waals surface area contributed by atoms with E-state index >= 15 is 0 Å². The summed E-state index contributed by atoms with van der Waals surface area (Å²) in [5.74, 6) is 1.69. The lowest BCUT2D eigenvalue weighted by atomic mass is 10.1. The zero-order valence-electron chi connectivity index (χ0n) is 18.1. The minimum atomic E-state index is -3.28. The second-order valence-corrected chi connectivity index (χ2v) is 10.4. The van der Waals surface area contributed by atoms with Crippen molar-refractivity contribution in [3.8, 4) is 28.3 Å². The van der Waals surface area contributed by atoms with E-state index in [0.29, 0.717) is 28.2 Å². The van der Waals surface area contributed by atoms with Gasteiger partial charge in [-0.2, -0.15) is 4.68 Å². The zero-order valence-corrected chi connectivity index (χ0v) is 19.7. The Bertz CT molecular complexity index is 1460. The van der Waals surface area contributed by atoms with Crippen LogP contribution in [-0.2, 0) is 15.6 Å². The van der Waals surface area contributed by atoms with E-state index < -0.39 is 9.84 Å². The third-order valence-electron chi connectivity index (χ3n) is 5.06. The molecule has 0 N–H and O–H groups in total. The fourth-order valence-electron chi connectivity index (χ4n) is 3.40. The number of aromatic nitrogens is 5. The van der Waals surface area contributed by atoms with E-state index in [9.17, 15) is 8.42 Å². The summed E-state index contributed by atoms with van der Waals surface area (Å²) in [7, 11) is -3.28. The van der Waals surface area contributed by atoms with Crippen LogP contribution in [0, 0.1) is 0 Å². The predicted molar refractivity (Wildman–Crippen MR) is 129 cm³/mol. The molecule has 8 nitrogen and oxygen atoms in total. The minimum absolute atomic E-state index is 0.238. The topological polar surface area (TPSA) is 104 Å². The number of tetrazole rings is 1. The van der Waals surface area contributed by atoms with Crippen molar-refractivity contribution in [2.24, 2.45) is 0 Å². The number of hydrogen-bond acceptors (Lipinski definition) is 8. The second kappa shape index (κ2) is 9.24. The van der Waals surface area contributed by atoms with Gasteiger partial charge in [0.1, 0.15) is 5.69 Å². The quantitative estimate of drug-likeness (QED) is 0.304. The lowest BCUT2D eigenvalue weighted by molar-refractivity contribution is 0.466. The van der Waals surface area contributed by atoms with Gasteiger partial charge in [0.05, 0.1) is 16.3 Å². The van der Waals surface area contributed by atoms with Crippen molar-refractivity contribution in [3.63, 3.8) is 0 Å². The molecule has 0 aliphatic heterocycles. The van der Waals surface area contributed by atoms with E-state index in [0.717, 1.165) is 16.8 Å². The average molecular weight is 490 g/mol. The summed E-state index contributed by atoms with van der Waals surface area (Å²) >= 11 is 1.38. The van der Waals surface area contributed by atoms with Crippen LogP contribution in [0.1, 0.15) is 5.82 Å². The Morgan fingerprint density at radius 1 is 0.882 bits per heavy atom. The van der Waals surface area contributed by atoms with Crippen molar-refractivity contribution < 1.29 is 12.8 Å². The summed E-state index contributed by atoms with van der Waals surface area (Å²) in [6, 6.07) is 26.2. The molecule has 10 heteroatoms.